The number of nitrogens with zero attached hydrogens (tertiary/aromatic N) is 4. The van der Waals surface area contributed by atoms with Gasteiger partial charge in [0.2, 0.25) is 0 Å². The van der Waals surface area contributed by atoms with E-state index in [4.69, 9.17) is 26.2 Å². The van der Waals surface area contributed by atoms with Crippen molar-refractivity contribution >= 4 is 35.5 Å². The molecule has 3 aromatic rings. The van der Waals surface area contributed by atoms with Gasteiger partial charge in [-0.3, -0.25) is 19.3 Å². The number of esters is 1. The second-order valence-electron chi connectivity index (χ2n) is 9.69. The minimum absolute atomic E-state index is 0.00795. The quantitative estimate of drug-likeness (QED) is 0.119. The van der Waals surface area contributed by atoms with E-state index in [1.165, 1.54) is 6.92 Å². The Kier molecular flexibility index (Phi) is 9.94. The minimum atomic E-state index is -0.675. The Morgan fingerprint density at radius 2 is 1.86 bits per heavy atom. The van der Waals surface area contributed by atoms with Crippen LogP contribution in [-0.2, 0) is 19.1 Å². The van der Waals surface area contributed by atoms with Crippen LogP contribution in [0.5, 0.6) is 5.75 Å². The molecule has 2 amide bonds. The molecule has 0 spiro atoms. The molecule has 1 aromatic heterocycles. The number of carbonyl (C=O) groups excluding carboxylic acids is 3. The third-order valence-corrected chi connectivity index (χ3v) is 6.98. The van der Waals surface area contributed by atoms with Gasteiger partial charge in [0.15, 0.2) is 0 Å². The number of ether oxygens (including phenoxy) is 2. The Morgan fingerprint density at radius 1 is 1.10 bits per heavy atom. The maximum atomic E-state index is 13.6. The molecule has 42 heavy (non-hydrogen) atoms. The van der Waals surface area contributed by atoms with E-state index >= 15 is 0 Å². The fourth-order valence-electron chi connectivity index (χ4n) is 4.45. The molecular formula is C32H31ClN4O5. The van der Waals surface area contributed by atoms with Crippen molar-refractivity contribution in [2.24, 2.45) is 0 Å². The lowest BCUT2D eigenvalue weighted by atomic mass is 9.93. The van der Waals surface area contributed by atoms with E-state index in [1.54, 1.807) is 36.0 Å². The van der Waals surface area contributed by atoms with Gasteiger partial charge in [0.1, 0.15) is 23.1 Å². The van der Waals surface area contributed by atoms with Crippen LogP contribution in [0.2, 0.25) is 5.02 Å². The molecule has 2 heterocycles. The molecule has 2 aromatic carbocycles. The number of para-hydroxylation sites is 1. The maximum absolute atomic E-state index is 13.6. The standard InChI is InChI=1S/C32H31ClN4O5/c1-4-5-15-42-29-13-12-23(18-28(29)33)30-24(20-37(35-30)25-10-7-6-8-11-25)17-26-21(2)27(19-34)32(40)36(31(26)39)14-9-16-41-22(3)38/h6-8,10-13,17-18,20H,4-5,9,14-16H2,1-3H3/b26-17+. The van der Waals surface area contributed by atoms with Gasteiger partial charge in [-0.1, -0.05) is 43.1 Å². The molecule has 10 heteroatoms. The summed E-state index contributed by atoms with van der Waals surface area (Å²) in [5.74, 6) is -1.11. The number of halogens is 1. The number of imide groups is 1. The number of aromatic nitrogens is 2. The van der Waals surface area contributed by atoms with Crippen LogP contribution in [0.15, 0.2) is 71.4 Å². The zero-order chi connectivity index (χ0) is 30.2. The monoisotopic (exact) mass is 586 g/mol. The van der Waals surface area contributed by atoms with Gasteiger partial charge < -0.3 is 9.47 Å². The lowest BCUT2D eigenvalue weighted by Crippen LogP contribution is -2.43. The average Bonchev–Trinajstić information content (AvgIpc) is 3.40. The molecular weight excluding hydrogens is 556 g/mol. The van der Waals surface area contributed by atoms with Gasteiger partial charge in [0.05, 0.1) is 23.9 Å². The summed E-state index contributed by atoms with van der Waals surface area (Å²) in [5.41, 5.74) is 2.98. The Balaban J connectivity index is 1.78. The second-order valence-corrected chi connectivity index (χ2v) is 10.1. The van der Waals surface area contributed by atoms with E-state index in [9.17, 15) is 19.6 Å². The molecule has 0 unspecified atom stereocenters. The van der Waals surface area contributed by atoms with E-state index in [2.05, 4.69) is 6.92 Å². The molecule has 1 aliphatic rings. The van der Waals surface area contributed by atoms with Crippen LogP contribution in [0.25, 0.3) is 23.0 Å². The predicted molar refractivity (Wildman–Crippen MR) is 159 cm³/mol. The van der Waals surface area contributed by atoms with Crippen molar-refractivity contribution in [2.45, 2.75) is 40.0 Å². The molecule has 0 N–H and O–H groups in total. The van der Waals surface area contributed by atoms with Crippen molar-refractivity contribution in [3.05, 3.63) is 82.0 Å². The first-order valence-electron chi connectivity index (χ1n) is 13.7. The van der Waals surface area contributed by atoms with Crippen LogP contribution >= 0.6 is 11.6 Å². The van der Waals surface area contributed by atoms with Gasteiger partial charge in [-0.25, -0.2) is 4.68 Å². The van der Waals surface area contributed by atoms with Crippen molar-refractivity contribution in [1.82, 2.24) is 14.7 Å². The molecule has 0 radical (unpaired) electrons. The summed E-state index contributed by atoms with van der Waals surface area (Å²) in [6.07, 6.45) is 5.57. The zero-order valence-corrected chi connectivity index (χ0v) is 24.5. The Morgan fingerprint density at radius 3 is 2.52 bits per heavy atom. The van der Waals surface area contributed by atoms with E-state index in [-0.39, 0.29) is 36.3 Å². The Bertz CT molecular complexity index is 1600. The van der Waals surface area contributed by atoms with E-state index < -0.39 is 17.8 Å². The molecule has 216 valence electrons. The molecule has 0 aliphatic carbocycles. The third kappa shape index (κ3) is 6.78. The van der Waals surface area contributed by atoms with Crippen LogP contribution in [0, 0.1) is 11.3 Å². The van der Waals surface area contributed by atoms with Gasteiger partial charge in [-0.2, -0.15) is 10.4 Å². The minimum Gasteiger partial charge on any atom is -0.492 e. The van der Waals surface area contributed by atoms with Gasteiger partial charge >= 0.3 is 5.97 Å². The molecule has 0 saturated heterocycles. The van der Waals surface area contributed by atoms with E-state index in [1.807, 2.05) is 42.5 Å². The summed E-state index contributed by atoms with van der Waals surface area (Å²) in [6.45, 7) is 5.54. The first kappa shape index (κ1) is 30.3. The van der Waals surface area contributed by atoms with Crippen molar-refractivity contribution < 1.29 is 23.9 Å². The fourth-order valence-corrected chi connectivity index (χ4v) is 4.68. The van der Waals surface area contributed by atoms with Crippen molar-refractivity contribution in [1.29, 1.82) is 5.26 Å². The molecule has 1 aliphatic heterocycles. The first-order chi connectivity index (χ1) is 20.2. The van der Waals surface area contributed by atoms with E-state index in [0.29, 0.717) is 34.2 Å². The number of unbranched alkanes of at least 4 members (excludes halogenated alkanes) is 1. The number of hydrogen-bond donors (Lipinski definition) is 0. The molecule has 0 atom stereocenters. The third-order valence-electron chi connectivity index (χ3n) is 6.68. The summed E-state index contributed by atoms with van der Waals surface area (Å²) < 4.78 is 12.4. The molecule has 0 fully saturated rings. The Labute approximate surface area is 249 Å². The van der Waals surface area contributed by atoms with Crippen molar-refractivity contribution in [3.8, 4) is 28.8 Å². The number of amides is 2. The molecule has 0 bridgehead atoms. The summed E-state index contributed by atoms with van der Waals surface area (Å²) in [6, 6.07) is 16.8. The summed E-state index contributed by atoms with van der Waals surface area (Å²) in [7, 11) is 0. The number of hydrogen-bond acceptors (Lipinski definition) is 7. The highest BCUT2D eigenvalue weighted by molar-refractivity contribution is 6.32. The normalized spacial score (nSPS) is 14.4. The summed E-state index contributed by atoms with van der Waals surface area (Å²) in [4.78, 5) is 38.7. The zero-order valence-electron chi connectivity index (χ0n) is 23.7. The number of benzene rings is 2. The molecule has 9 nitrogen and oxygen atoms in total. The summed E-state index contributed by atoms with van der Waals surface area (Å²) >= 11 is 6.58. The van der Waals surface area contributed by atoms with E-state index in [0.717, 1.165) is 23.4 Å². The highest BCUT2D eigenvalue weighted by Gasteiger charge is 2.35. The van der Waals surface area contributed by atoms with Crippen molar-refractivity contribution in [3.63, 3.8) is 0 Å². The fraction of sp³-hybridized carbons (Fsp3) is 0.281. The highest BCUT2D eigenvalue weighted by Crippen LogP contribution is 2.34. The van der Waals surface area contributed by atoms with Gasteiger partial charge in [-0.05, 0) is 61.7 Å². The van der Waals surface area contributed by atoms with Gasteiger partial charge in [0.25, 0.3) is 11.8 Å². The molecule has 4 rings (SSSR count). The van der Waals surface area contributed by atoms with Gasteiger partial charge in [0, 0.05) is 36.4 Å². The average molecular weight is 587 g/mol. The molecule has 0 saturated carbocycles. The van der Waals surface area contributed by atoms with Crippen LogP contribution in [0.4, 0.5) is 0 Å². The lowest BCUT2D eigenvalue weighted by Gasteiger charge is -2.27. The largest absolute Gasteiger partial charge is 0.492 e. The SMILES string of the molecule is CCCCOc1ccc(-c2nn(-c3ccccc3)cc2/C=C2/C(=O)N(CCCOC(C)=O)C(=O)C(C#N)=C2C)cc1Cl. The Hall–Kier alpha value is -4.68. The smallest absolute Gasteiger partial charge is 0.302 e. The van der Waals surface area contributed by atoms with Crippen molar-refractivity contribution in [2.75, 3.05) is 19.8 Å². The number of carbonyl (C=O) groups is 3. The first-order valence-corrected chi connectivity index (χ1v) is 14.0. The van der Waals surface area contributed by atoms with Crippen LogP contribution in [0.1, 0.15) is 45.6 Å². The highest BCUT2D eigenvalue weighted by atomic mass is 35.5. The lowest BCUT2D eigenvalue weighted by molar-refractivity contribution is -0.141. The van der Waals surface area contributed by atoms with Crippen LogP contribution < -0.4 is 4.74 Å². The summed E-state index contributed by atoms with van der Waals surface area (Å²) in [5, 5.41) is 15.0. The number of nitriles is 1. The number of rotatable bonds is 11. The topological polar surface area (TPSA) is 115 Å². The van der Waals surface area contributed by atoms with Gasteiger partial charge in [-0.15, -0.1) is 0 Å². The second kappa shape index (κ2) is 13.8. The predicted octanol–water partition coefficient (Wildman–Crippen LogP) is 5.92. The maximum Gasteiger partial charge on any atom is 0.302 e. The van der Waals surface area contributed by atoms with Crippen LogP contribution in [0.3, 0.4) is 0 Å². The van der Waals surface area contributed by atoms with Crippen LogP contribution in [-0.4, -0.2) is 52.2 Å².